The molecule has 4 nitrogen and oxygen atoms in total. The highest BCUT2D eigenvalue weighted by atomic mass is 16.2. The first-order chi connectivity index (χ1) is 7.69. The fourth-order valence-corrected chi connectivity index (χ4v) is 1.30. The lowest BCUT2D eigenvalue weighted by Gasteiger charge is -2.18. The Morgan fingerprint density at radius 1 is 1.50 bits per heavy atom. The molecule has 0 bridgehead atoms. The lowest BCUT2D eigenvalue weighted by atomic mass is 10.3. The summed E-state index contributed by atoms with van der Waals surface area (Å²) < 4.78 is 0. The van der Waals surface area contributed by atoms with Crippen LogP contribution >= 0.6 is 0 Å². The molecule has 0 fully saturated rings. The minimum Gasteiger partial charge on any atom is -0.326 e. The Hall–Kier alpha value is -1.89. The molecule has 0 unspecified atom stereocenters. The second-order valence-electron chi connectivity index (χ2n) is 3.47. The van der Waals surface area contributed by atoms with Gasteiger partial charge in [-0.25, -0.2) is 4.98 Å². The van der Waals surface area contributed by atoms with Crippen molar-refractivity contribution < 1.29 is 4.79 Å². The van der Waals surface area contributed by atoms with Gasteiger partial charge < -0.3 is 4.90 Å². The second kappa shape index (κ2) is 5.86. The molecule has 0 radical (unpaired) electrons. The zero-order chi connectivity index (χ0) is 12.0. The normalized spacial score (nSPS) is 9.56. The summed E-state index contributed by atoms with van der Waals surface area (Å²) in [6.07, 6.45) is 9.15. The molecular weight excluding hydrogens is 202 g/mol. The fourth-order valence-electron chi connectivity index (χ4n) is 1.30. The summed E-state index contributed by atoms with van der Waals surface area (Å²) in [5.41, 5.74) is 1.13. The van der Waals surface area contributed by atoms with Gasteiger partial charge in [0, 0.05) is 12.7 Å². The highest BCUT2D eigenvalue weighted by Crippen LogP contribution is 2.01. The van der Waals surface area contributed by atoms with Crippen LogP contribution in [-0.2, 0) is 0 Å². The van der Waals surface area contributed by atoms with Crippen LogP contribution in [0.2, 0.25) is 0 Å². The number of rotatable bonds is 4. The van der Waals surface area contributed by atoms with Gasteiger partial charge in [-0.15, -0.1) is 6.42 Å². The Bertz CT molecular complexity index is 392. The summed E-state index contributed by atoms with van der Waals surface area (Å²) in [4.78, 5) is 21.6. The summed E-state index contributed by atoms with van der Waals surface area (Å²) in [5, 5.41) is 0. The van der Waals surface area contributed by atoms with Crippen molar-refractivity contribution >= 4 is 5.91 Å². The molecule has 0 aliphatic rings. The van der Waals surface area contributed by atoms with Gasteiger partial charge >= 0.3 is 0 Å². The third kappa shape index (κ3) is 3.06. The third-order valence-electron chi connectivity index (χ3n) is 2.06. The number of carbonyl (C=O) groups excluding carboxylic acids is 1. The standard InChI is InChI=1S/C12H15N3O/c1-4-6-15(7-5-2)12(16)11-9-13-10(3)8-14-11/h1,8-9H,5-7H2,2-3H3. The summed E-state index contributed by atoms with van der Waals surface area (Å²) in [6, 6.07) is 0. The van der Waals surface area contributed by atoms with E-state index in [1.54, 1.807) is 11.1 Å². The Kier molecular flexibility index (Phi) is 4.46. The molecule has 0 spiro atoms. The van der Waals surface area contributed by atoms with E-state index in [0.29, 0.717) is 18.8 Å². The molecule has 0 aliphatic heterocycles. The first-order valence-corrected chi connectivity index (χ1v) is 5.20. The first kappa shape index (κ1) is 12.2. The lowest BCUT2D eigenvalue weighted by Crippen LogP contribution is -2.32. The van der Waals surface area contributed by atoms with Crippen LogP contribution < -0.4 is 0 Å². The van der Waals surface area contributed by atoms with Crippen molar-refractivity contribution in [1.82, 2.24) is 14.9 Å². The molecular formula is C12H15N3O. The molecule has 4 heteroatoms. The van der Waals surface area contributed by atoms with Crippen LogP contribution in [0, 0.1) is 19.3 Å². The molecule has 0 atom stereocenters. The lowest BCUT2D eigenvalue weighted by molar-refractivity contribution is 0.0770. The highest BCUT2D eigenvalue weighted by Gasteiger charge is 2.15. The monoisotopic (exact) mass is 217 g/mol. The number of terminal acetylenes is 1. The summed E-state index contributed by atoms with van der Waals surface area (Å²) >= 11 is 0. The molecule has 1 rings (SSSR count). The molecule has 0 aromatic carbocycles. The van der Waals surface area contributed by atoms with E-state index in [1.807, 2.05) is 13.8 Å². The summed E-state index contributed by atoms with van der Waals surface area (Å²) in [6.45, 7) is 4.77. The van der Waals surface area contributed by atoms with Gasteiger partial charge in [-0.2, -0.15) is 0 Å². The van der Waals surface area contributed by atoms with Crippen LogP contribution in [0.3, 0.4) is 0 Å². The maximum Gasteiger partial charge on any atom is 0.274 e. The minimum atomic E-state index is -0.160. The van der Waals surface area contributed by atoms with E-state index in [-0.39, 0.29) is 5.91 Å². The summed E-state index contributed by atoms with van der Waals surface area (Å²) in [5.74, 6) is 2.31. The minimum absolute atomic E-state index is 0.160. The average molecular weight is 217 g/mol. The number of amides is 1. The molecule has 0 saturated heterocycles. The fraction of sp³-hybridized carbons (Fsp3) is 0.417. The van der Waals surface area contributed by atoms with Crippen molar-refractivity contribution in [2.24, 2.45) is 0 Å². The topological polar surface area (TPSA) is 46.1 Å². The molecule has 1 aromatic heterocycles. The Labute approximate surface area is 95.7 Å². The van der Waals surface area contributed by atoms with Crippen molar-refractivity contribution in [3.05, 3.63) is 23.8 Å². The summed E-state index contributed by atoms with van der Waals surface area (Å²) in [7, 11) is 0. The highest BCUT2D eigenvalue weighted by molar-refractivity contribution is 5.92. The van der Waals surface area contributed by atoms with Crippen LogP contribution in [0.25, 0.3) is 0 Å². The van der Waals surface area contributed by atoms with Crippen LogP contribution in [0.15, 0.2) is 12.4 Å². The Balaban J connectivity index is 2.82. The van der Waals surface area contributed by atoms with E-state index >= 15 is 0 Å². The van der Waals surface area contributed by atoms with Gasteiger partial charge in [0.05, 0.1) is 18.4 Å². The zero-order valence-electron chi connectivity index (χ0n) is 9.60. The molecule has 1 amide bonds. The number of hydrogen-bond acceptors (Lipinski definition) is 3. The van der Waals surface area contributed by atoms with Crippen molar-refractivity contribution in [2.75, 3.05) is 13.1 Å². The SMILES string of the molecule is C#CCN(CCC)C(=O)c1cnc(C)cn1. The van der Waals surface area contributed by atoms with Gasteiger partial charge in [0.2, 0.25) is 0 Å². The van der Waals surface area contributed by atoms with Crippen LogP contribution in [0.5, 0.6) is 0 Å². The largest absolute Gasteiger partial charge is 0.326 e. The molecule has 0 N–H and O–H groups in total. The smallest absolute Gasteiger partial charge is 0.274 e. The predicted molar refractivity (Wildman–Crippen MR) is 61.8 cm³/mol. The van der Waals surface area contributed by atoms with Gasteiger partial charge in [-0.05, 0) is 13.3 Å². The van der Waals surface area contributed by atoms with E-state index < -0.39 is 0 Å². The second-order valence-corrected chi connectivity index (χ2v) is 3.47. The van der Waals surface area contributed by atoms with Crippen LogP contribution in [0.1, 0.15) is 29.5 Å². The van der Waals surface area contributed by atoms with Crippen LogP contribution in [0.4, 0.5) is 0 Å². The predicted octanol–water partition coefficient (Wildman–Crippen LogP) is 1.27. The average Bonchev–Trinajstić information content (AvgIpc) is 2.29. The van der Waals surface area contributed by atoms with Crippen molar-refractivity contribution in [3.63, 3.8) is 0 Å². The maximum absolute atomic E-state index is 12.0. The van der Waals surface area contributed by atoms with E-state index in [2.05, 4.69) is 15.9 Å². The van der Waals surface area contributed by atoms with Gasteiger partial charge in [-0.1, -0.05) is 12.8 Å². The van der Waals surface area contributed by atoms with Gasteiger partial charge in [0.25, 0.3) is 5.91 Å². The Morgan fingerprint density at radius 3 is 2.75 bits per heavy atom. The maximum atomic E-state index is 12.0. The Morgan fingerprint density at radius 2 is 2.25 bits per heavy atom. The molecule has 1 heterocycles. The number of aryl methyl sites for hydroxylation is 1. The quantitative estimate of drug-likeness (QED) is 0.713. The molecule has 84 valence electrons. The molecule has 0 aliphatic carbocycles. The van der Waals surface area contributed by atoms with Crippen molar-refractivity contribution in [1.29, 1.82) is 0 Å². The third-order valence-corrected chi connectivity index (χ3v) is 2.06. The molecule has 16 heavy (non-hydrogen) atoms. The molecule has 0 saturated carbocycles. The van der Waals surface area contributed by atoms with Crippen molar-refractivity contribution in [3.8, 4) is 12.3 Å². The molecule has 1 aromatic rings. The first-order valence-electron chi connectivity index (χ1n) is 5.20. The van der Waals surface area contributed by atoms with Crippen molar-refractivity contribution in [2.45, 2.75) is 20.3 Å². The number of hydrogen-bond donors (Lipinski definition) is 0. The number of carbonyl (C=O) groups is 1. The van der Waals surface area contributed by atoms with E-state index in [9.17, 15) is 4.79 Å². The van der Waals surface area contributed by atoms with Gasteiger partial charge in [0.1, 0.15) is 5.69 Å². The van der Waals surface area contributed by atoms with E-state index in [0.717, 1.165) is 12.1 Å². The zero-order valence-corrected chi connectivity index (χ0v) is 9.60. The van der Waals surface area contributed by atoms with Gasteiger partial charge in [-0.3, -0.25) is 9.78 Å². The van der Waals surface area contributed by atoms with Gasteiger partial charge in [0.15, 0.2) is 0 Å². The van der Waals surface area contributed by atoms with Crippen LogP contribution in [-0.4, -0.2) is 33.9 Å². The number of nitrogens with zero attached hydrogens (tertiary/aromatic N) is 3. The number of aromatic nitrogens is 2. The van der Waals surface area contributed by atoms with E-state index in [4.69, 9.17) is 6.42 Å². The van der Waals surface area contributed by atoms with E-state index in [1.165, 1.54) is 6.20 Å².